The first-order valence-corrected chi connectivity index (χ1v) is 10.6. The Bertz CT molecular complexity index is 1300. The van der Waals surface area contributed by atoms with Crippen LogP contribution in [0, 0.1) is 0 Å². The summed E-state index contributed by atoms with van der Waals surface area (Å²) in [5, 5.41) is 2.70. The third-order valence-electron chi connectivity index (χ3n) is 5.82. The summed E-state index contributed by atoms with van der Waals surface area (Å²) in [6.45, 7) is 1.58. The number of hydrogen-bond acceptors (Lipinski definition) is 4. The molecule has 1 unspecified atom stereocenters. The monoisotopic (exact) mass is 413 g/mol. The molecule has 5 nitrogen and oxygen atoms in total. The average Bonchev–Trinajstić information content (AvgIpc) is 3.31. The minimum absolute atomic E-state index is 0.00824. The Labute approximate surface area is 179 Å². The van der Waals surface area contributed by atoms with Crippen LogP contribution in [0.3, 0.4) is 0 Å². The Kier molecular flexibility index (Phi) is 5.26. The molecule has 0 aliphatic carbocycles. The number of hydrogen-bond donors (Lipinski definition) is 0. The second-order valence-electron chi connectivity index (χ2n) is 7.93. The summed E-state index contributed by atoms with van der Waals surface area (Å²) in [6.07, 6.45) is 1.90. The Morgan fingerprint density at radius 1 is 0.968 bits per heavy atom. The second kappa shape index (κ2) is 8.36. The van der Waals surface area contributed by atoms with Gasteiger partial charge in [-0.05, 0) is 41.3 Å². The van der Waals surface area contributed by atoms with Crippen molar-refractivity contribution in [1.82, 2.24) is 4.90 Å². The lowest BCUT2D eigenvalue weighted by Gasteiger charge is -2.25. The minimum Gasteiger partial charge on any atom is -0.451 e. The molecule has 0 radical (unpaired) electrons. The first-order valence-electron chi connectivity index (χ1n) is 10.6. The third kappa shape index (κ3) is 3.97. The van der Waals surface area contributed by atoms with Crippen LogP contribution in [0.1, 0.15) is 29.0 Å². The van der Waals surface area contributed by atoms with Gasteiger partial charge in [0.15, 0.2) is 11.2 Å². The molecule has 1 aliphatic rings. The lowest BCUT2D eigenvalue weighted by Crippen LogP contribution is -2.37. The molecule has 2 heterocycles. The van der Waals surface area contributed by atoms with E-state index in [1.165, 1.54) is 6.07 Å². The van der Waals surface area contributed by atoms with E-state index >= 15 is 0 Å². The van der Waals surface area contributed by atoms with Crippen molar-refractivity contribution in [3.05, 3.63) is 94.3 Å². The van der Waals surface area contributed by atoms with Gasteiger partial charge in [0.05, 0.1) is 11.5 Å². The maximum atomic E-state index is 13.5. The smallest absolute Gasteiger partial charge is 0.290 e. The summed E-state index contributed by atoms with van der Waals surface area (Å²) in [5.74, 6) is -0.242. The van der Waals surface area contributed by atoms with E-state index in [2.05, 4.69) is 18.2 Å². The lowest BCUT2D eigenvalue weighted by molar-refractivity contribution is 0.0485. The topological polar surface area (TPSA) is 59.8 Å². The lowest BCUT2D eigenvalue weighted by atomic mass is 10.0. The number of carbonyl (C=O) groups is 1. The number of nitrogens with zero attached hydrogens (tertiary/aromatic N) is 1. The normalized spacial score (nSPS) is 16.1. The molecule has 5 rings (SSSR count). The number of para-hydroxylation sites is 1. The van der Waals surface area contributed by atoms with E-state index < -0.39 is 0 Å². The summed E-state index contributed by atoms with van der Waals surface area (Å²) in [7, 11) is 0. The average molecular weight is 413 g/mol. The number of amides is 1. The van der Waals surface area contributed by atoms with E-state index in [9.17, 15) is 9.59 Å². The Hall–Kier alpha value is -3.44. The molecule has 0 bridgehead atoms. The van der Waals surface area contributed by atoms with Gasteiger partial charge >= 0.3 is 0 Å². The fourth-order valence-corrected chi connectivity index (χ4v) is 4.25. The van der Waals surface area contributed by atoms with E-state index in [-0.39, 0.29) is 23.2 Å². The van der Waals surface area contributed by atoms with Gasteiger partial charge in [-0.1, -0.05) is 54.6 Å². The number of rotatable bonds is 5. The van der Waals surface area contributed by atoms with Crippen molar-refractivity contribution in [3.63, 3.8) is 0 Å². The summed E-state index contributed by atoms with van der Waals surface area (Å²) >= 11 is 0. The molecule has 0 spiro atoms. The van der Waals surface area contributed by atoms with E-state index in [0.717, 1.165) is 29.2 Å². The van der Waals surface area contributed by atoms with Crippen LogP contribution in [0.15, 0.2) is 82.0 Å². The quantitative estimate of drug-likeness (QED) is 0.473. The Morgan fingerprint density at radius 2 is 1.74 bits per heavy atom. The summed E-state index contributed by atoms with van der Waals surface area (Å²) in [5.41, 5.74) is 1.25. The van der Waals surface area contributed by atoms with Crippen molar-refractivity contribution in [3.8, 4) is 0 Å². The highest BCUT2D eigenvalue weighted by Crippen LogP contribution is 2.23. The zero-order chi connectivity index (χ0) is 21.2. The van der Waals surface area contributed by atoms with Crippen LogP contribution in [0.2, 0.25) is 0 Å². The van der Waals surface area contributed by atoms with Crippen LogP contribution in [-0.2, 0) is 11.3 Å². The molecule has 0 N–H and O–H groups in total. The number of benzene rings is 3. The molecule has 1 aromatic heterocycles. The highest BCUT2D eigenvalue weighted by atomic mass is 16.5. The van der Waals surface area contributed by atoms with Gasteiger partial charge in [-0.3, -0.25) is 9.59 Å². The van der Waals surface area contributed by atoms with Gasteiger partial charge in [0.1, 0.15) is 5.58 Å². The minimum atomic E-state index is -0.300. The van der Waals surface area contributed by atoms with Crippen molar-refractivity contribution in [1.29, 1.82) is 0 Å². The maximum Gasteiger partial charge on any atom is 0.290 e. The molecule has 1 aliphatic heterocycles. The van der Waals surface area contributed by atoms with Gasteiger partial charge in [-0.15, -0.1) is 0 Å². The molecule has 1 fully saturated rings. The molecule has 3 aromatic carbocycles. The summed E-state index contributed by atoms with van der Waals surface area (Å²) in [6, 6.07) is 22.5. The number of fused-ring (bicyclic) bond motifs is 2. The largest absolute Gasteiger partial charge is 0.451 e. The maximum absolute atomic E-state index is 13.5. The van der Waals surface area contributed by atoms with E-state index in [1.807, 2.05) is 24.3 Å². The molecule has 31 heavy (non-hydrogen) atoms. The zero-order valence-corrected chi connectivity index (χ0v) is 17.1. The molecule has 4 aromatic rings. The molecule has 5 heteroatoms. The number of ether oxygens (including phenoxy) is 1. The van der Waals surface area contributed by atoms with Gasteiger partial charge in [-0.2, -0.15) is 0 Å². The first kappa shape index (κ1) is 19.5. The van der Waals surface area contributed by atoms with Gasteiger partial charge < -0.3 is 14.1 Å². The van der Waals surface area contributed by atoms with E-state index in [0.29, 0.717) is 30.7 Å². The van der Waals surface area contributed by atoms with Crippen LogP contribution in [0.25, 0.3) is 21.7 Å². The van der Waals surface area contributed by atoms with Crippen molar-refractivity contribution in [2.24, 2.45) is 0 Å². The molecule has 1 saturated heterocycles. The fourth-order valence-electron chi connectivity index (χ4n) is 4.25. The van der Waals surface area contributed by atoms with Crippen LogP contribution >= 0.6 is 0 Å². The molecular weight excluding hydrogens is 390 g/mol. The van der Waals surface area contributed by atoms with Crippen molar-refractivity contribution < 1.29 is 13.9 Å². The molecule has 0 saturated carbocycles. The first-order chi connectivity index (χ1) is 15.2. The van der Waals surface area contributed by atoms with Gasteiger partial charge in [0, 0.05) is 25.8 Å². The van der Waals surface area contributed by atoms with Crippen LogP contribution in [-0.4, -0.2) is 30.1 Å². The fraction of sp³-hybridized carbons (Fsp3) is 0.231. The van der Waals surface area contributed by atoms with Crippen molar-refractivity contribution in [2.45, 2.75) is 25.5 Å². The molecule has 1 amide bonds. The number of carbonyl (C=O) groups excluding carboxylic acids is 1. The Balaban J connectivity index is 1.52. The van der Waals surface area contributed by atoms with Crippen LogP contribution in [0.5, 0.6) is 0 Å². The third-order valence-corrected chi connectivity index (χ3v) is 5.82. The van der Waals surface area contributed by atoms with Crippen LogP contribution in [0.4, 0.5) is 0 Å². The van der Waals surface area contributed by atoms with Crippen molar-refractivity contribution in [2.75, 3.05) is 13.2 Å². The molecule has 156 valence electrons. The standard InChI is InChI=1S/C26H23NO4/c28-23-15-25(31-24-13-4-3-12-22(23)24)26(29)27(17-20-10-6-14-30-20)16-19-9-5-8-18-7-1-2-11-21(18)19/h1-5,7-9,11-13,15,20H,6,10,14,16-17H2. The van der Waals surface area contributed by atoms with Gasteiger partial charge in [0.2, 0.25) is 0 Å². The predicted molar refractivity (Wildman–Crippen MR) is 120 cm³/mol. The summed E-state index contributed by atoms with van der Waals surface area (Å²) in [4.78, 5) is 27.8. The molecular formula is C26H23NO4. The zero-order valence-electron chi connectivity index (χ0n) is 17.1. The Morgan fingerprint density at radius 3 is 2.58 bits per heavy atom. The van der Waals surface area contributed by atoms with Crippen molar-refractivity contribution >= 4 is 27.6 Å². The van der Waals surface area contributed by atoms with Gasteiger partial charge in [-0.25, -0.2) is 0 Å². The van der Waals surface area contributed by atoms with E-state index in [4.69, 9.17) is 9.15 Å². The molecule has 1 atom stereocenters. The summed E-state index contributed by atoms with van der Waals surface area (Å²) < 4.78 is 11.6. The van der Waals surface area contributed by atoms with Crippen LogP contribution < -0.4 is 5.43 Å². The predicted octanol–water partition coefficient (Wildman–Crippen LogP) is 4.77. The highest BCUT2D eigenvalue weighted by Gasteiger charge is 2.26. The van der Waals surface area contributed by atoms with Gasteiger partial charge in [0.25, 0.3) is 5.91 Å². The highest BCUT2D eigenvalue weighted by molar-refractivity contribution is 5.94. The second-order valence-corrected chi connectivity index (χ2v) is 7.93. The van der Waals surface area contributed by atoms with E-state index in [1.54, 1.807) is 29.2 Å². The SMILES string of the molecule is O=C(c1cc(=O)c2ccccc2o1)N(Cc1cccc2ccccc12)CC1CCCO1.